The summed E-state index contributed by atoms with van der Waals surface area (Å²) in [5.41, 5.74) is 5.12. The first-order valence-corrected chi connectivity index (χ1v) is 4.53. The van der Waals surface area contributed by atoms with E-state index in [0.717, 1.165) is 31.7 Å². The third-order valence-corrected chi connectivity index (χ3v) is 2.47. The van der Waals surface area contributed by atoms with Crippen LogP contribution in [0, 0.1) is 0 Å². The highest BCUT2D eigenvalue weighted by Gasteiger charge is 2.33. The highest BCUT2D eigenvalue weighted by Crippen LogP contribution is 2.32. The number of hydrogen-bond donors (Lipinski definition) is 2. The minimum atomic E-state index is -0.317. The van der Waals surface area contributed by atoms with Crippen molar-refractivity contribution in [2.24, 2.45) is 0 Å². The summed E-state index contributed by atoms with van der Waals surface area (Å²) in [5.74, 6) is 1.02. The smallest absolute Gasteiger partial charge is 0.239 e. The molecule has 0 amide bonds. The fraction of sp³-hybridized carbons (Fsp3) is 0.750. The van der Waals surface area contributed by atoms with Crippen LogP contribution >= 0.6 is 0 Å². The number of hydrogen-bond acceptors (Lipinski definition) is 4. The van der Waals surface area contributed by atoms with Gasteiger partial charge in [0.15, 0.2) is 5.82 Å². The van der Waals surface area contributed by atoms with Crippen molar-refractivity contribution in [1.82, 2.24) is 15.2 Å². The van der Waals surface area contributed by atoms with E-state index in [-0.39, 0.29) is 11.5 Å². The molecule has 1 fully saturated rings. The molecule has 13 heavy (non-hydrogen) atoms. The standard InChI is InChI=1S/C8H14N4O/c1-8(4-2-3-5-13-8)6-10-7(9)12-11-6/h2-5H2,1H3,(H3,9,10,11,12). The number of nitrogens with one attached hydrogen (secondary N) is 1. The number of H-pyrrole nitrogens is 1. The van der Waals surface area contributed by atoms with Crippen molar-refractivity contribution < 1.29 is 4.74 Å². The van der Waals surface area contributed by atoms with E-state index in [2.05, 4.69) is 15.2 Å². The Morgan fingerprint density at radius 3 is 2.92 bits per heavy atom. The van der Waals surface area contributed by atoms with E-state index in [4.69, 9.17) is 10.5 Å². The second-order valence-electron chi connectivity index (χ2n) is 3.58. The number of ether oxygens (including phenoxy) is 1. The maximum Gasteiger partial charge on any atom is 0.239 e. The summed E-state index contributed by atoms with van der Waals surface area (Å²) in [6, 6.07) is 0. The van der Waals surface area contributed by atoms with E-state index in [1.54, 1.807) is 0 Å². The molecule has 2 rings (SSSR count). The fourth-order valence-corrected chi connectivity index (χ4v) is 1.63. The molecule has 0 bridgehead atoms. The molecule has 1 aromatic rings. The first kappa shape index (κ1) is 8.50. The molecule has 1 aromatic heterocycles. The van der Waals surface area contributed by atoms with Crippen molar-refractivity contribution in [1.29, 1.82) is 0 Å². The van der Waals surface area contributed by atoms with Crippen LogP contribution in [0.1, 0.15) is 32.0 Å². The van der Waals surface area contributed by atoms with Crippen LogP contribution < -0.4 is 5.73 Å². The van der Waals surface area contributed by atoms with E-state index in [9.17, 15) is 0 Å². The lowest BCUT2D eigenvalue weighted by atomic mass is 9.95. The third kappa shape index (κ3) is 1.51. The van der Waals surface area contributed by atoms with Gasteiger partial charge in [0.2, 0.25) is 5.95 Å². The van der Waals surface area contributed by atoms with Gasteiger partial charge in [-0.3, -0.25) is 5.10 Å². The van der Waals surface area contributed by atoms with Gasteiger partial charge in [0.25, 0.3) is 0 Å². The highest BCUT2D eigenvalue weighted by atomic mass is 16.5. The Labute approximate surface area is 76.7 Å². The molecule has 5 heteroatoms. The van der Waals surface area contributed by atoms with Crippen LogP contribution in [0.4, 0.5) is 5.95 Å². The highest BCUT2D eigenvalue weighted by molar-refractivity contribution is 5.16. The molecule has 0 saturated carbocycles. The zero-order chi connectivity index (χ0) is 9.31. The van der Waals surface area contributed by atoms with E-state index >= 15 is 0 Å². The quantitative estimate of drug-likeness (QED) is 0.673. The SMILES string of the molecule is CC1(c2nc(N)n[nH]2)CCCCO1. The van der Waals surface area contributed by atoms with E-state index in [1.165, 1.54) is 0 Å². The van der Waals surface area contributed by atoms with Gasteiger partial charge in [-0.05, 0) is 26.2 Å². The Kier molecular flexibility index (Phi) is 1.95. The first-order valence-electron chi connectivity index (χ1n) is 4.53. The zero-order valence-electron chi connectivity index (χ0n) is 7.71. The van der Waals surface area contributed by atoms with E-state index in [0.29, 0.717) is 0 Å². The average molecular weight is 182 g/mol. The van der Waals surface area contributed by atoms with Crippen LogP contribution in [0.15, 0.2) is 0 Å². The maximum atomic E-state index is 5.68. The first-order chi connectivity index (χ1) is 6.21. The molecular formula is C8H14N4O. The third-order valence-electron chi connectivity index (χ3n) is 2.47. The summed E-state index contributed by atoms with van der Waals surface area (Å²) in [7, 11) is 0. The molecule has 3 N–H and O–H groups in total. The van der Waals surface area contributed by atoms with Crippen molar-refractivity contribution >= 4 is 5.95 Å². The summed E-state index contributed by atoms with van der Waals surface area (Å²) >= 11 is 0. The van der Waals surface area contributed by atoms with Gasteiger partial charge in [0, 0.05) is 6.61 Å². The van der Waals surface area contributed by atoms with Crippen LogP contribution in [-0.2, 0) is 10.3 Å². The Balaban J connectivity index is 2.22. The Morgan fingerprint density at radius 2 is 2.38 bits per heavy atom. The molecule has 1 saturated heterocycles. The molecule has 0 radical (unpaired) electrons. The van der Waals surface area contributed by atoms with Gasteiger partial charge in [-0.15, -0.1) is 5.10 Å². The molecule has 5 nitrogen and oxygen atoms in total. The van der Waals surface area contributed by atoms with Crippen molar-refractivity contribution in [2.75, 3.05) is 12.3 Å². The van der Waals surface area contributed by atoms with Gasteiger partial charge in [0.1, 0.15) is 5.60 Å². The fourth-order valence-electron chi connectivity index (χ4n) is 1.63. The van der Waals surface area contributed by atoms with E-state index < -0.39 is 0 Å². The monoisotopic (exact) mass is 182 g/mol. The summed E-state index contributed by atoms with van der Waals surface area (Å²) < 4.78 is 5.68. The topological polar surface area (TPSA) is 76.8 Å². The molecule has 0 aromatic carbocycles. The number of aromatic nitrogens is 3. The number of nitrogen functional groups attached to an aromatic ring is 1. The molecule has 1 unspecified atom stereocenters. The van der Waals surface area contributed by atoms with Crippen LogP contribution in [0.25, 0.3) is 0 Å². The van der Waals surface area contributed by atoms with Crippen molar-refractivity contribution in [3.05, 3.63) is 5.82 Å². The number of aromatic amines is 1. The van der Waals surface area contributed by atoms with Gasteiger partial charge in [-0.25, -0.2) is 0 Å². The summed E-state index contributed by atoms with van der Waals surface area (Å²) in [4.78, 5) is 4.09. The van der Waals surface area contributed by atoms with Crippen molar-refractivity contribution in [2.45, 2.75) is 31.8 Å². The molecule has 2 heterocycles. The lowest BCUT2D eigenvalue weighted by molar-refractivity contribution is -0.0757. The van der Waals surface area contributed by atoms with E-state index in [1.807, 2.05) is 6.92 Å². The Morgan fingerprint density at radius 1 is 1.54 bits per heavy atom. The molecule has 1 atom stereocenters. The van der Waals surface area contributed by atoms with Gasteiger partial charge in [-0.2, -0.15) is 4.98 Å². The van der Waals surface area contributed by atoms with Crippen LogP contribution in [0.2, 0.25) is 0 Å². The van der Waals surface area contributed by atoms with Gasteiger partial charge in [-0.1, -0.05) is 0 Å². The number of anilines is 1. The van der Waals surface area contributed by atoms with Crippen molar-refractivity contribution in [3.63, 3.8) is 0 Å². The van der Waals surface area contributed by atoms with Crippen molar-refractivity contribution in [3.8, 4) is 0 Å². The predicted molar refractivity (Wildman–Crippen MR) is 48.0 cm³/mol. The largest absolute Gasteiger partial charge is 0.367 e. The van der Waals surface area contributed by atoms with Crippen LogP contribution in [-0.4, -0.2) is 21.8 Å². The molecule has 1 aliphatic heterocycles. The van der Waals surface area contributed by atoms with Crippen LogP contribution in [0.3, 0.4) is 0 Å². The normalized spacial score (nSPS) is 29.0. The molecule has 0 spiro atoms. The Hall–Kier alpha value is -1.10. The minimum absolute atomic E-state index is 0.283. The Bertz CT molecular complexity index is 290. The van der Waals surface area contributed by atoms with Gasteiger partial charge < -0.3 is 10.5 Å². The molecule has 0 aliphatic carbocycles. The summed E-state index contributed by atoms with van der Waals surface area (Å²) in [6.07, 6.45) is 3.26. The predicted octanol–water partition coefficient (Wildman–Crippen LogP) is 0.803. The number of rotatable bonds is 1. The lowest BCUT2D eigenvalue weighted by Gasteiger charge is -2.31. The summed E-state index contributed by atoms with van der Waals surface area (Å²) in [6.45, 7) is 2.81. The van der Waals surface area contributed by atoms with Gasteiger partial charge >= 0.3 is 0 Å². The van der Waals surface area contributed by atoms with Gasteiger partial charge in [0.05, 0.1) is 0 Å². The molecule has 1 aliphatic rings. The maximum absolute atomic E-state index is 5.68. The average Bonchev–Trinajstić information content (AvgIpc) is 2.54. The second kappa shape index (κ2) is 2.99. The summed E-state index contributed by atoms with van der Waals surface area (Å²) in [5, 5.41) is 6.60. The number of nitrogens with two attached hydrogens (primary N) is 1. The lowest BCUT2D eigenvalue weighted by Crippen LogP contribution is -2.31. The molecule has 72 valence electrons. The molecular weight excluding hydrogens is 168 g/mol. The zero-order valence-corrected chi connectivity index (χ0v) is 7.71. The second-order valence-corrected chi connectivity index (χ2v) is 3.58. The number of nitrogens with zero attached hydrogens (tertiary/aromatic N) is 2. The minimum Gasteiger partial charge on any atom is -0.367 e. The van der Waals surface area contributed by atoms with Crippen LogP contribution in [0.5, 0.6) is 0 Å².